The Kier molecular flexibility index (Phi) is 10.8. The van der Waals surface area contributed by atoms with Crippen molar-refractivity contribution in [2.45, 2.75) is 0 Å². The largest absolute Gasteiger partial charge is 0.309 e. The van der Waals surface area contributed by atoms with Crippen LogP contribution in [0.3, 0.4) is 0 Å². The first-order valence-corrected chi connectivity index (χ1v) is 26.7. The zero-order valence-corrected chi connectivity index (χ0v) is 43.3. The summed E-state index contributed by atoms with van der Waals surface area (Å²) >= 11 is 0. The molecule has 0 bridgehead atoms. The minimum atomic E-state index is 0.536. The molecule has 0 unspecified atom stereocenters. The summed E-state index contributed by atoms with van der Waals surface area (Å²) in [6.45, 7) is 0. The molecule has 4 heterocycles. The van der Waals surface area contributed by atoms with Crippen molar-refractivity contribution in [3.05, 3.63) is 271 Å². The van der Waals surface area contributed by atoms with Crippen LogP contribution in [0.2, 0.25) is 0 Å². The van der Waals surface area contributed by atoms with Gasteiger partial charge in [-0.2, -0.15) is 15.8 Å². The van der Waals surface area contributed by atoms with E-state index >= 15 is 0 Å². The third kappa shape index (κ3) is 7.73. The summed E-state index contributed by atoms with van der Waals surface area (Å²) < 4.78 is 6.99. The molecule has 0 amide bonds. The molecule has 4 aromatic heterocycles. The van der Waals surface area contributed by atoms with Crippen LogP contribution in [0.4, 0.5) is 0 Å². The van der Waals surface area contributed by atoms with Crippen LogP contribution in [-0.2, 0) is 0 Å². The van der Waals surface area contributed by atoms with Gasteiger partial charge in [0, 0.05) is 60.4 Å². The molecule has 0 aliphatic heterocycles. The van der Waals surface area contributed by atoms with Crippen molar-refractivity contribution in [3.8, 4) is 91.4 Å². The predicted molar refractivity (Wildman–Crippen MR) is 326 cm³/mol. The van der Waals surface area contributed by atoms with Gasteiger partial charge in [0.15, 0.2) is 5.82 Å². The summed E-state index contributed by atoms with van der Waals surface area (Å²) in [5, 5.41) is 36.9. The van der Waals surface area contributed by atoms with Crippen molar-refractivity contribution in [1.29, 1.82) is 15.8 Å². The van der Waals surface area contributed by atoms with Crippen LogP contribution >= 0.6 is 0 Å². The number of aromatic nitrogens is 5. The fourth-order valence-corrected chi connectivity index (χ4v) is 11.9. The maximum Gasteiger partial charge on any atom is 0.160 e. The highest BCUT2D eigenvalue weighted by molar-refractivity contribution is 6.14. The minimum Gasteiger partial charge on any atom is -0.309 e. The lowest BCUT2D eigenvalue weighted by molar-refractivity contribution is 1.15. The normalized spacial score (nSPS) is 11.4. The van der Waals surface area contributed by atoms with Gasteiger partial charge in [-0.25, -0.2) is 9.97 Å². The van der Waals surface area contributed by atoms with Gasteiger partial charge in [0.1, 0.15) is 6.07 Å². The van der Waals surface area contributed by atoms with E-state index in [4.69, 9.17) is 9.97 Å². The molecule has 8 nitrogen and oxygen atoms in total. The molecule has 0 aliphatic rings. The summed E-state index contributed by atoms with van der Waals surface area (Å²) in [6.07, 6.45) is 0. The SMILES string of the molecule is N#Cc1ccc(-c2cc(-c3ccc(-c4ccc(-c5ccc(-n6c7ccc(-n8c9ccccc9c9ccccc98)cc7c7cc(-n8c9ccccc9c9ccccc98)ccc76)c(C#N)c5)cc4)cc3)nc(-c3ccc(C#N)cc3)n2)cc1. The molecule has 11 aromatic carbocycles. The topological polar surface area (TPSA) is 112 Å². The van der Waals surface area contributed by atoms with E-state index in [1.165, 1.54) is 21.5 Å². The zero-order valence-electron chi connectivity index (χ0n) is 43.3. The number of benzene rings is 11. The number of para-hydroxylation sites is 4. The highest BCUT2D eigenvalue weighted by atomic mass is 15.0. The molecule has 0 saturated carbocycles. The van der Waals surface area contributed by atoms with Gasteiger partial charge in [0.25, 0.3) is 0 Å². The molecule has 0 aliphatic carbocycles. The second kappa shape index (κ2) is 18.8. The minimum absolute atomic E-state index is 0.536. The molecule has 0 spiro atoms. The molecule has 0 fully saturated rings. The van der Waals surface area contributed by atoms with Gasteiger partial charge in [-0.3, -0.25) is 0 Å². The zero-order chi connectivity index (χ0) is 54.1. The highest BCUT2D eigenvalue weighted by Crippen LogP contribution is 2.41. The molecule has 0 radical (unpaired) electrons. The fraction of sp³-hybridized carbons (Fsp3) is 0. The number of nitrogens with zero attached hydrogens (tertiary/aromatic N) is 8. The first kappa shape index (κ1) is 46.7. The molecular formula is C73H42N8. The smallest absolute Gasteiger partial charge is 0.160 e. The first-order valence-electron chi connectivity index (χ1n) is 26.7. The first-order chi connectivity index (χ1) is 40.0. The lowest BCUT2D eigenvalue weighted by Crippen LogP contribution is -1.99. The third-order valence-electron chi connectivity index (χ3n) is 15.8. The highest BCUT2D eigenvalue weighted by Gasteiger charge is 2.21. The van der Waals surface area contributed by atoms with Gasteiger partial charge in [-0.15, -0.1) is 0 Å². The van der Waals surface area contributed by atoms with Crippen molar-refractivity contribution in [1.82, 2.24) is 23.7 Å². The fourth-order valence-electron chi connectivity index (χ4n) is 11.9. The molecule has 15 aromatic rings. The molecule has 15 rings (SSSR count). The summed E-state index contributed by atoms with van der Waals surface area (Å²) in [5.41, 5.74) is 19.3. The Hall–Kier alpha value is -11.6. The van der Waals surface area contributed by atoms with E-state index in [0.717, 1.165) is 111 Å². The van der Waals surface area contributed by atoms with E-state index in [-0.39, 0.29) is 0 Å². The van der Waals surface area contributed by atoms with Crippen molar-refractivity contribution in [2.75, 3.05) is 0 Å². The standard InChI is InChI=1S/C73H42N8/c74-43-46-17-21-51(22-18-46)64-42-65(78-73(77-64)53-23-19-47(44-75)20-24-53)52-31-29-49(30-32-52)48-25-27-50(28-26-48)54-33-36-66(55(39-54)45-76)81-71-37-34-56(79-67-13-5-1-9-58(67)59-10-2-6-14-68(59)79)40-62(71)63-41-57(35-38-72(63)81)80-69-15-7-3-11-60(69)61-12-4-8-16-70(61)80/h1-42H. The summed E-state index contributed by atoms with van der Waals surface area (Å²) in [5.74, 6) is 0.536. The van der Waals surface area contributed by atoms with Crippen LogP contribution in [0.1, 0.15) is 16.7 Å². The van der Waals surface area contributed by atoms with E-state index in [9.17, 15) is 15.8 Å². The van der Waals surface area contributed by atoms with Gasteiger partial charge in [-0.1, -0.05) is 140 Å². The van der Waals surface area contributed by atoms with E-state index in [1.54, 1.807) is 24.3 Å². The Bertz CT molecular complexity index is 4820. The molecule has 0 atom stereocenters. The Labute approximate surface area is 465 Å². The van der Waals surface area contributed by atoms with Crippen LogP contribution in [-0.4, -0.2) is 23.7 Å². The predicted octanol–water partition coefficient (Wildman–Crippen LogP) is 17.7. The van der Waals surface area contributed by atoms with Crippen LogP contribution in [0, 0.1) is 34.0 Å². The Morgan fingerprint density at radius 3 is 1.05 bits per heavy atom. The summed E-state index contributed by atoms with van der Waals surface area (Å²) in [7, 11) is 0. The molecule has 8 heteroatoms. The van der Waals surface area contributed by atoms with Gasteiger partial charge < -0.3 is 13.7 Å². The van der Waals surface area contributed by atoms with Crippen molar-refractivity contribution >= 4 is 65.4 Å². The maximum absolute atomic E-state index is 11.1. The monoisotopic (exact) mass is 1030 g/mol. The van der Waals surface area contributed by atoms with Crippen molar-refractivity contribution in [2.24, 2.45) is 0 Å². The molecule has 81 heavy (non-hydrogen) atoms. The molecule has 374 valence electrons. The van der Waals surface area contributed by atoms with Crippen LogP contribution in [0.5, 0.6) is 0 Å². The van der Waals surface area contributed by atoms with E-state index < -0.39 is 0 Å². The Morgan fingerprint density at radius 1 is 0.272 bits per heavy atom. The number of rotatable bonds is 8. The van der Waals surface area contributed by atoms with Gasteiger partial charge in [0.05, 0.1) is 79.0 Å². The quantitative estimate of drug-likeness (QED) is 0.150. The summed E-state index contributed by atoms with van der Waals surface area (Å²) in [6, 6.07) is 94.5. The molecule has 0 saturated heterocycles. The van der Waals surface area contributed by atoms with Gasteiger partial charge >= 0.3 is 0 Å². The third-order valence-corrected chi connectivity index (χ3v) is 15.8. The van der Waals surface area contributed by atoms with Gasteiger partial charge in [-0.05, 0) is 138 Å². The van der Waals surface area contributed by atoms with Crippen molar-refractivity contribution in [3.63, 3.8) is 0 Å². The average molecular weight is 1030 g/mol. The lowest BCUT2D eigenvalue weighted by Gasteiger charge is -2.13. The van der Waals surface area contributed by atoms with E-state index in [2.05, 4.69) is 226 Å². The second-order valence-corrected chi connectivity index (χ2v) is 20.3. The lowest BCUT2D eigenvalue weighted by atomic mass is 9.97. The second-order valence-electron chi connectivity index (χ2n) is 20.3. The number of fused-ring (bicyclic) bond motifs is 9. The summed E-state index contributed by atoms with van der Waals surface area (Å²) in [4.78, 5) is 9.91. The van der Waals surface area contributed by atoms with E-state index in [0.29, 0.717) is 22.5 Å². The number of nitriles is 3. The maximum atomic E-state index is 11.1. The van der Waals surface area contributed by atoms with Crippen molar-refractivity contribution < 1.29 is 0 Å². The van der Waals surface area contributed by atoms with Crippen LogP contribution in [0.25, 0.3) is 139 Å². The molecule has 0 N–H and O–H groups in total. The molecular weight excluding hydrogens is 989 g/mol. The van der Waals surface area contributed by atoms with Crippen LogP contribution in [0.15, 0.2) is 255 Å². The van der Waals surface area contributed by atoms with Gasteiger partial charge in [0.2, 0.25) is 0 Å². The number of hydrogen-bond acceptors (Lipinski definition) is 5. The number of hydrogen-bond donors (Lipinski definition) is 0. The Morgan fingerprint density at radius 2 is 0.630 bits per heavy atom. The van der Waals surface area contributed by atoms with Crippen LogP contribution < -0.4 is 0 Å². The average Bonchev–Trinajstić information content (AvgIpc) is 4.33. The van der Waals surface area contributed by atoms with E-state index in [1.807, 2.05) is 36.4 Å². The Balaban J connectivity index is 0.799.